The molecule has 3 aliphatic rings. The number of halogens is 3. The molecule has 2 aliphatic carbocycles. The Morgan fingerprint density at radius 3 is 2.46 bits per heavy atom. The van der Waals surface area contributed by atoms with Crippen molar-refractivity contribution in [3.05, 3.63) is 23.9 Å². The van der Waals surface area contributed by atoms with Crippen molar-refractivity contribution in [3.8, 4) is 5.88 Å². The van der Waals surface area contributed by atoms with Gasteiger partial charge in [0.2, 0.25) is 11.8 Å². The molecule has 2 heterocycles. The van der Waals surface area contributed by atoms with Crippen molar-refractivity contribution in [3.63, 3.8) is 0 Å². The van der Waals surface area contributed by atoms with E-state index in [1.54, 1.807) is 0 Å². The molecule has 0 N–H and O–H groups in total. The Morgan fingerprint density at radius 1 is 1.07 bits per heavy atom. The van der Waals surface area contributed by atoms with E-state index in [2.05, 4.69) is 9.88 Å². The van der Waals surface area contributed by atoms with Crippen molar-refractivity contribution >= 4 is 5.91 Å². The molecular formula is C20H26F3N3O2. The van der Waals surface area contributed by atoms with Crippen LogP contribution in [0.25, 0.3) is 0 Å². The lowest BCUT2D eigenvalue weighted by Crippen LogP contribution is -2.47. The van der Waals surface area contributed by atoms with Crippen LogP contribution in [0.4, 0.5) is 13.2 Å². The molecule has 2 saturated carbocycles. The Bertz CT molecular complexity index is 685. The first-order valence-electron chi connectivity index (χ1n) is 10.1. The average molecular weight is 397 g/mol. The summed E-state index contributed by atoms with van der Waals surface area (Å²) in [4.78, 5) is 21.0. The molecule has 0 aromatic carbocycles. The van der Waals surface area contributed by atoms with E-state index >= 15 is 0 Å². The van der Waals surface area contributed by atoms with Gasteiger partial charge in [0.15, 0.2) is 0 Å². The lowest BCUT2D eigenvalue weighted by molar-refractivity contribution is -0.141. The average Bonchev–Trinajstić information content (AvgIpc) is 2.81. The minimum Gasteiger partial charge on any atom is -0.474 e. The first kappa shape index (κ1) is 19.5. The smallest absolute Gasteiger partial charge is 0.417 e. The number of nitrogens with zero attached hydrogens (tertiary/aromatic N) is 3. The standard InChI is InChI=1S/C20H26F3N3O2/c21-20(22,23)15-5-6-18(24-13-15)28-17-11-14(12-17)19(27)26-8-2-7-25(9-10-26)16-3-1-4-16/h5-6,13-14,16-17H,1-4,7-12H2/t14-,17-. The van der Waals surface area contributed by atoms with Crippen molar-refractivity contribution in [1.82, 2.24) is 14.8 Å². The highest BCUT2D eigenvalue weighted by atomic mass is 19.4. The van der Waals surface area contributed by atoms with Crippen LogP contribution in [0, 0.1) is 5.92 Å². The monoisotopic (exact) mass is 397 g/mol. The molecular weight excluding hydrogens is 371 g/mol. The summed E-state index contributed by atoms with van der Waals surface area (Å²) in [5, 5.41) is 0. The molecule has 1 aromatic heterocycles. The maximum absolute atomic E-state index is 12.8. The number of carbonyl (C=O) groups is 1. The van der Waals surface area contributed by atoms with E-state index in [0.29, 0.717) is 18.9 Å². The van der Waals surface area contributed by atoms with Crippen molar-refractivity contribution < 1.29 is 22.7 Å². The summed E-state index contributed by atoms with van der Waals surface area (Å²) in [6.07, 6.45) is 2.33. The van der Waals surface area contributed by atoms with Crippen LogP contribution in [0.5, 0.6) is 5.88 Å². The highest BCUT2D eigenvalue weighted by Crippen LogP contribution is 2.34. The SMILES string of the molecule is O=C([C@H]1C[C@H](Oc2ccc(C(F)(F)F)cn2)C1)N1CCCN(C2CCC2)CC1. The molecule has 154 valence electrons. The fraction of sp³-hybridized carbons (Fsp3) is 0.700. The molecule has 1 aromatic rings. The first-order chi connectivity index (χ1) is 13.4. The topological polar surface area (TPSA) is 45.7 Å². The largest absolute Gasteiger partial charge is 0.474 e. The van der Waals surface area contributed by atoms with Crippen LogP contribution >= 0.6 is 0 Å². The number of carbonyl (C=O) groups excluding carboxylic acids is 1. The molecule has 8 heteroatoms. The van der Waals surface area contributed by atoms with Gasteiger partial charge in [-0.05, 0) is 38.2 Å². The van der Waals surface area contributed by atoms with Gasteiger partial charge in [-0.1, -0.05) is 6.42 Å². The van der Waals surface area contributed by atoms with Gasteiger partial charge in [-0.25, -0.2) is 4.98 Å². The van der Waals surface area contributed by atoms with Crippen LogP contribution < -0.4 is 4.74 Å². The number of ether oxygens (including phenoxy) is 1. The van der Waals surface area contributed by atoms with Gasteiger partial charge in [-0.15, -0.1) is 0 Å². The van der Waals surface area contributed by atoms with E-state index in [0.717, 1.165) is 44.9 Å². The second kappa shape index (κ2) is 7.89. The Labute approximate surface area is 162 Å². The predicted octanol–water partition coefficient (Wildman–Crippen LogP) is 3.34. The zero-order valence-corrected chi connectivity index (χ0v) is 15.8. The van der Waals surface area contributed by atoms with Crippen LogP contribution in [0.3, 0.4) is 0 Å². The Balaban J connectivity index is 1.23. The maximum atomic E-state index is 12.8. The van der Waals surface area contributed by atoms with E-state index in [4.69, 9.17) is 4.74 Å². The number of alkyl halides is 3. The lowest BCUT2D eigenvalue weighted by atomic mass is 9.81. The summed E-state index contributed by atoms with van der Waals surface area (Å²) in [7, 11) is 0. The summed E-state index contributed by atoms with van der Waals surface area (Å²) < 4.78 is 43.3. The van der Waals surface area contributed by atoms with Gasteiger partial charge >= 0.3 is 6.18 Å². The van der Waals surface area contributed by atoms with E-state index in [1.165, 1.54) is 25.3 Å². The van der Waals surface area contributed by atoms with Gasteiger partial charge < -0.3 is 9.64 Å². The van der Waals surface area contributed by atoms with Gasteiger partial charge in [-0.3, -0.25) is 9.69 Å². The van der Waals surface area contributed by atoms with E-state index in [1.807, 2.05) is 4.90 Å². The van der Waals surface area contributed by atoms with Crippen molar-refractivity contribution in [2.45, 2.75) is 56.8 Å². The molecule has 0 spiro atoms. The van der Waals surface area contributed by atoms with Crippen LogP contribution in [0.15, 0.2) is 18.3 Å². The first-order valence-corrected chi connectivity index (χ1v) is 10.1. The molecule has 1 aliphatic heterocycles. The molecule has 1 saturated heterocycles. The van der Waals surface area contributed by atoms with E-state index in [9.17, 15) is 18.0 Å². The third-order valence-corrected chi connectivity index (χ3v) is 6.23. The van der Waals surface area contributed by atoms with Crippen LogP contribution in [0.2, 0.25) is 0 Å². The summed E-state index contributed by atoms with van der Waals surface area (Å²) in [6.45, 7) is 3.63. The number of rotatable bonds is 4. The zero-order valence-electron chi connectivity index (χ0n) is 15.8. The number of hydrogen-bond acceptors (Lipinski definition) is 4. The fourth-order valence-electron chi connectivity index (χ4n) is 4.18. The Morgan fingerprint density at radius 2 is 1.86 bits per heavy atom. The predicted molar refractivity (Wildman–Crippen MR) is 96.8 cm³/mol. The van der Waals surface area contributed by atoms with Gasteiger partial charge in [0.1, 0.15) is 6.10 Å². The third-order valence-electron chi connectivity index (χ3n) is 6.23. The number of amides is 1. The highest BCUT2D eigenvalue weighted by Gasteiger charge is 2.39. The number of pyridine rings is 1. The minimum atomic E-state index is -4.40. The lowest BCUT2D eigenvalue weighted by Gasteiger charge is -2.38. The third kappa shape index (κ3) is 4.26. The van der Waals surface area contributed by atoms with Crippen LogP contribution in [-0.4, -0.2) is 59.0 Å². The summed E-state index contributed by atoms with van der Waals surface area (Å²) in [6, 6.07) is 2.92. The number of hydrogen-bond donors (Lipinski definition) is 0. The van der Waals surface area contributed by atoms with Crippen molar-refractivity contribution in [2.24, 2.45) is 5.92 Å². The van der Waals surface area contributed by atoms with Crippen molar-refractivity contribution in [2.75, 3.05) is 26.2 Å². The van der Waals surface area contributed by atoms with Gasteiger partial charge in [-0.2, -0.15) is 13.2 Å². The quantitative estimate of drug-likeness (QED) is 0.782. The molecule has 0 atom stereocenters. The van der Waals surface area contributed by atoms with Gasteiger partial charge in [0.25, 0.3) is 0 Å². The molecule has 28 heavy (non-hydrogen) atoms. The Kier molecular flexibility index (Phi) is 5.49. The minimum absolute atomic E-state index is 0.0466. The fourth-order valence-corrected chi connectivity index (χ4v) is 4.18. The summed E-state index contributed by atoms with van der Waals surface area (Å²) in [5.41, 5.74) is -0.793. The molecule has 0 radical (unpaired) electrons. The van der Waals surface area contributed by atoms with Crippen molar-refractivity contribution in [1.29, 1.82) is 0 Å². The van der Waals surface area contributed by atoms with Crippen LogP contribution in [-0.2, 0) is 11.0 Å². The second-order valence-corrected chi connectivity index (χ2v) is 8.09. The highest BCUT2D eigenvalue weighted by molar-refractivity contribution is 5.80. The molecule has 3 fully saturated rings. The number of aromatic nitrogens is 1. The van der Waals surface area contributed by atoms with E-state index in [-0.39, 0.29) is 23.8 Å². The molecule has 0 bridgehead atoms. The zero-order chi connectivity index (χ0) is 19.7. The molecule has 4 rings (SSSR count). The molecule has 0 unspecified atom stereocenters. The Hall–Kier alpha value is -1.83. The summed E-state index contributed by atoms with van der Waals surface area (Å²) in [5.74, 6) is 0.320. The summed E-state index contributed by atoms with van der Waals surface area (Å²) >= 11 is 0. The van der Waals surface area contributed by atoms with E-state index < -0.39 is 11.7 Å². The molecule has 5 nitrogen and oxygen atoms in total. The van der Waals surface area contributed by atoms with Gasteiger partial charge in [0.05, 0.1) is 5.56 Å². The maximum Gasteiger partial charge on any atom is 0.417 e. The normalized spacial score (nSPS) is 26.9. The second-order valence-electron chi connectivity index (χ2n) is 8.09. The van der Waals surface area contributed by atoms with Gasteiger partial charge in [0, 0.05) is 50.4 Å². The molecule has 1 amide bonds. The van der Waals surface area contributed by atoms with Crippen LogP contribution in [0.1, 0.15) is 44.1 Å².